The molecule has 1 atom stereocenters. The zero-order valence-electron chi connectivity index (χ0n) is 12.2. The fourth-order valence-electron chi connectivity index (χ4n) is 2.59. The monoisotopic (exact) mass is 347 g/mol. The van der Waals surface area contributed by atoms with Gasteiger partial charge in [0.25, 0.3) is 0 Å². The Morgan fingerprint density at radius 3 is 2.62 bits per heavy atom. The predicted octanol–water partition coefficient (Wildman–Crippen LogP) is 3.97. The average molecular weight is 348 g/mol. The normalized spacial score (nSPS) is 21.5. The molecule has 110 valence electrons. The Hall–Kier alpha value is -1.46. The zero-order chi connectivity index (χ0) is 14.9. The van der Waals surface area contributed by atoms with Crippen LogP contribution >= 0.6 is 15.9 Å². The first kappa shape index (κ1) is 14.5. The van der Waals surface area contributed by atoms with Crippen molar-refractivity contribution in [3.63, 3.8) is 0 Å². The zero-order valence-corrected chi connectivity index (χ0v) is 13.8. The highest BCUT2D eigenvalue weighted by atomic mass is 79.9. The number of anilines is 1. The first-order chi connectivity index (χ1) is 10.1. The molecule has 0 aliphatic carbocycles. The Bertz CT molecular complexity index is 639. The molecule has 1 fully saturated rings. The van der Waals surface area contributed by atoms with Gasteiger partial charge in [0.15, 0.2) is 5.82 Å². The summed E-state index contributed by atoms with van der Waals surface area (Å²) < 4.78 is 6.77. The van der Waals surface area contributed by atoms with Gasteiger partial charge in [-0.1, -0.05) is 30.3 Å². The molecule has 0 spiro atoms. The quantitative estimate of drug-likeness (QED) is 0.912. The van der Waals surface area contributed by atoms with E-state index in [4.69, 9.17) is 9.72 Å². The van der Waals surface area contributed by atoms with Crippen LogP contribution in [0, 0.1) is 0 Å². The highest BCUT2D eigenvalue weighted by Gasteiger charge is 2.36. The van der Waals surface area contributed by atoms with Gasteiger partial charge in [-0.05, 0) is 35.7 Å². The number of hydrogen-bond donors (Lipinski definition) is 1. The van der Waals surface area contributed by atoms with Crippen LogP contribution in [0.1, 0.15) is 25.6 Å². The number of aromatic nitrogens is 2. The molecule has 0 saturated carbocycles. The molecular weight excluding hydrogens is 330 g/mol. The minimum Gasteiger partial charge on any atom is -0.372 e. The average Bonchev–Trinajstić information content (AvgIpc) is 2.96. The second-order valence-corrected chi connectivity index (χ2v) is 6.15. The van der Waals surface area contributed by atoms with Gasteiger partial charge in [0.2, 0.25) is 0 Å². The minimum atomic E-state index is -0.393. The van der Waals surface area contributed by atoms with Crippen molar-refractivity contribution in [2.45, 2.75) is 25.4 Å². The van der Waals surface area contributed by atoms with E-state index < -0.39 is 5.60 Å². The van der Waals surface area contributed by atoms with E-state index in [9.17, 15) is 0 Å². The Kier molecular flexibility index (Phi) is 3.95. The van der Waals surface area contributed by atoms with Crippen LogP contribution in [-0.4, -0.2) is 23.6 Å². The molecule has 0 radical (unpaired) electrons. The van der Waals surface area contributed by atoms with E-state index in [1.165, 1.54) is 0 Å². The van der Waals surface area contributed by atoms with E-state index in [0.29, 0.717) is 0 Å². The molecule has 1 saturated heterocycles. The lowest BCUT2D eigenvalue weighted by molar-refractivity contribution is 0.00951. The second-order valence-electron chi connectivity index (χ2n) is 5.36. The highest BCUT2D eigenvalue weighted by molar-refractivity contribution is 9.10. The predicted molar refractivity (Wildman–Crippen MR) is 87.3 cm³/mol. The smallest absolute Gasteiger partial charge is 0.163 e. The summed E-state index contributed by atoms with van der Waals surface area (Å²) in [6.07, 6.45) is 2.00. The Balaban J connectivity index is 2.15. The summed E-state index contributed by atoms with van der Waals surface area (Å²) in [6, 6.07) is 10.1. The summed E-state index contributed by atoms with van der Waals surface area (Å²) in [5.74, 6) is 1.53. The number of benzene rings is 1. The molecule has 5 heteroatoms. The highest BCUT2D eigenvalue weighted by Crippen LogP contribution is 2.38. The molecule has 2 aromatic rings. The molecule has 0 bridgehead atoms. The second kappa shape index (κ2) is 5.73. The third-order valence-corrected chi connectivity index (χ3v) is 4.58. The maximum Gasteiger partial charge on any atom is 0.163 e. The molecule has 1 N–H and O–H groups in total. The van der Waals surface area contributed by atoms with Crippen molar-refractivity contribution < 1.29 is 4.74 Å². The minimum absolute atomic E-state index is 0.393. The lowest BCUT2D eigenvalue weighted by Gasteiger charge is -2.23. The third-order valence-electron chi connectivity index (χ3n) is 3.83. The molecule has 2 heterocycles. The first-order valence-electron chi connectivity index (χ1n) is 7.09. The van der Waals surface area contributed by atoms with Gasteiger partial charge >= 0.3 is 0 Å². The maximum absolute atomic E-state index is 5.89. The number of ether oxygens (including phenoxy) is 1. The molecule has 1 aliphatic heterocycles. The van der Waals surface area contributed by atoms with Gasteiger partial charge in [-0.15, -0.1) is 0 Å². The van der Waals surface area contributed by atoms with Gasteiger partial charge in [0.1, 0.15) is 11.4 Å². The number of rotatable bonds is 3. The van der Waals surface area contributed by atoms with Crippen molar-refractivity contribution >= 4 is 21.7 Å². The lowest BCUT2D eigenvalue weighted by Crippen LogP contribution is -2.24. The summed E-state index contributed by atoms with van der Waals surface area (Å²) in [5.41, 5.74) is 1.56. The van der Waals surface area contributed by atoms with Crippen molar-refractivity contribution in [3.8, 4) is 11.3 Å². The van der Waals surface area contributed by atoms with Gasteiger partial charge < -0.3 is 10.1 Å². The van der Waals surface area contributed by atoms with Crippen LogP contribution in [0.5, 0.6) is 0 Å². The van der Waals surface area contributed by atoms with E-state index in [0.717, 1.165) is 46.8 Å². The Morgan fingerprint density at radius 1 is 1.24 bits per heavy atom. The Morgan fingerprint density at radius 2 is 2.00 bits per heavy atom. The number of hydrogen-bond acceptors (Lipinski definition) is 4. The van der Waals surface area contributed by atoms with Gasteiger partial charge in [0, 0.05) is 19.2 Å². The molecule has 21 heavy (non-hydrogen) atoms. The molecule has 1 aromatic heterocycles. The van der Waals surface area contributed by atoms with E-state index in [1.54, 1.807) is 0 Å². The molecule has 1 aromatic carbocycles. The van der Waals surface area contributed by atoms with Gasteiger partial charge in [0.05, 0.1) is 10.2 Å². The molecule has 4 nitrogen and oxygen atoms in total. The lowest BCUT2D eigenvalue weighted by atomic mass is 10.0. The number of nitrogens with zero attached hydrogens (tertiary/aromatic N) is 2. The molecule has 3 rings (SSSR count). The van der Waals surface area contributed by atoms with Crippen LogP contribution in [0.4, 0.5) is 5.82 Å². The first-order valence-corrected chi connectivity index (χ1v) is 7.88. The topological polar surface area (TPSA) is 47.0 Å². The molecule has 1 unspecified atom stereocenters. The van der Waals surface area contributed by atoms with Crippen molar-refractivity contribution in [1.82, 2.24) is 9.97 Å². The van der Waals surface area contributed by atoms with Crippen LogP contribution in [0.3, 0.4) is 0 Å². The molecular formula is C16H18BrN3O. The number of halogens is 1. The van der Waals surface area contributed by atoms with Crippen molar-refractivity contribution in [3.05, 3.63) is 40.6 Å². The van der Waals surface area contributed by atoms with Crippen LogP contribution in [0.15, 0.2) is 34.8 Å². The van der Waals surface area contributed by atoms with E-state index in [-0.39, 0.29) is 0 Å². The largest absolute Gasteiger partial charge is 0.372 e. The van der Waals surface area contributed by atoms with Crippen LogP contribution in [-0.2, 0) is 10.3 Å². The van der Waals surface area contributed by atoms with E-state index in [2.05, 4.69) is 33.2 Å². The standard InChI is InChI=1S/C16H18BrN3O/c1-16(9-6-10-21-16)15-19-13(11-7-4-3-5-8-11)12(17)14(18-2)20-15/h3-5,7-8H,6,9-10H2,1-2H3,(H,18,19,20). The fraction of sp³-hybridized carbons (Fsp3) is 0.375. The summed E-state index contributed by atoms with van der Waals surface area (Å²) in [5, 5.41) is 3.13. The summed E-state index contributed by atoms with van der Waals surface area (Å²) >= 11 is 3.61. The SMILES string of the molecule is CNc1nc(C2(C)CCCO2)nc(-c2ccccc2)c1Br. The number of nitrogens with one attached hydrogen (secondary N) is 1. The van der Waals surface area contributed by atoms with Crippen LogP contribution in [0.2, 0.25) is 0 Å². The van der Waals surface area contributed by atoms with Crippen LogP contribution < -0.4 is 5.32 Å². The molecule has 0 amide bonds. The summed E-state index contributed by atoms with van der Waals surface area (Å²) in [7, 11) is 1.86. The maximum atomic E-state index is 5.89. The van der Waals surface area contributed by atoms with Crippen molar-refractivity contribution in [2.24, 2.45) is 0 Å². The van der Waals surface area contributed by atoms with Gasteiger partial charge in [-0.25, -0.2) is 9.97 Å². The summed E-state index contributed by atoms with van der Waals surface area (Å²) in [4.78, 5) is 9.42. The summed E-state index contributed by atoms with van der Waals surface area (Å²) in [6.45, 7) is 2.84. The van der Waals surface area contributed by atoms with Crippen molar-refractivity contribution in [2.75, 3.05) is 19.0 Å². The van der Waals surface area contributed by atoms with Gasteiger partial charge in [-0.3, -0.25) is 0 Å². The Labute approximate surface area is 133 Å². The fourth-order valence-corrected chi connectivity index (χ4v) is 3.20. The van der Waals surface area contributed by atoms with E-state index in [1.807, 2.05) is 37.4 Å². The third kappa shape index (κ3) is 2.68. The van der Waals surface area contributed by atoms with Gasteiger partial charge in [-0.2, -0.15) is 0 Å². The van der Waals surface area contributed by atoms with Crippen LogP contribution in [0.25, 0.3) is 11.3 Å². The molecule has 1 aliphatic rings. The van der Waals surface area contributed by atoms with Crippen molar-refractivity contribution in [1.29, 1.82) is 0 Å². The van der Waals surface area contributed by atoms with E-state index >= 15 is 0 Å².